The molecule has 0 aliphatic heterocycles. The highest BCUT2D eigenvalue weighted by Gasteiger charge is 2.15. The highest BCUT2D eigenvalue weighted by Crippen LogP contribution is 2.06. The Kier molecular flexibility index (Phi) is 5.22. The third kappa shape index (κ3) is 3.12. The molecule has 0 unspecified atom stereocenters. The summed E-state index contributed by atoms with van der Waals surface area (Å²) in [5.41, 5.74) is 2.09. The normalized spacial score (nSPS) is 10.1. The zero-order valence-corrected chi connectivity index (χ0v) is 9.78. The minimum Gasteiger partial charge on any atom is -0.335 e. The van der Waals surface area contributed by atoms with Crippen LogP contribution in [0.15, 0.2) is 10.9 Å². The van der Waals surface area contributed by atoms with E-state index in [4.69, 9.17) is 23.2 Å². The second kappa shape index (κ2) is 6.22. The van der Waals surface area contributed by atoms with E-state index in [9.17, 15) is 4.79 Å². The molecule has 0 saturated carbocycles. The largest absolute Gasteiger partial charge is 0.335 e. The van der Waals surface area contributed by atoms with Crippen molar-refractivity contribution >= 4 is 40.4 Å². The number of halogens is 2. The Balaban J connectivity index is 2.63. The van der Waals surface area contributed by atoms with Gasteiger partial charge in [-0.15, -0.1) is 34.5 Å². The second-order valence-corrected chi connectivity index (χ2v) is 4.02. The van der Waals surface area contributed by atoms with Gasteiger partial charge < -0.3 is 4.90 Å². The molecule has 1 aromatic heterocycles. The second-order valence-electron chi connectivity index (χ2n) is 2.54. The van der Waals surface area contributed by atoms with Crippen molar-refractivity contribution in [2.75, 3.05) is 24.8 Å². The van der Waals surface area contributed by atoms with Crippen molar-refractivity contribution in [3.8, 4) is 0 Å². The van der Waals surface area contributed by atoms with E-state index < -0.39 is 0 Å². The van der Waals surface area contributed by atoms with Gasteiger partial charge in [-0.2, -0.15) is 0 Å². The van der Waals surface area contributed by atoms with Gasteiger partial charge in [0.1, 0.15) is 5.69 Å². The number of alkyl halides is 2. The summed E-state index contributed by atoms with van der Waals surface area (Å²) >= 11 is 12.6. The summed E-state index contributed by atoms with van der Waals surface area (Å²) in [4.78, 5) is 17.3. The lowest BCUT2D eigenvalue weighted by Gasteiger charge is -2.18. The van der Waals surface area contributed by atoms with Crippen LogP contribution in [0.1, 0.15) is 10.5 Å². The van der Waals surface area contributed by atoms with Crippen molar-refractivity contribution in [1.29, 1.82) is 0 Å². The zero-order chi connectivity index (χ0) is 10.4. The first-order chi connectivity index (χ1) is 6.79. The average molecular weight is 253 g/mol. The third-order valence-electron chi connectivity index (χ3n) is 1.65. The maximum absolute atomic E-state index is 11.7. The molecule has 1 aromatic rings. The lowest BCUT2D eigenvalue weighted by Crippen LogP contribution is -2.34. The number of amides is 1. The number of hydrogen-bond donors (Lipinski definition) is 0. The van der Waals surface area contributed by atoms with Crippen LogP contribution in [0.2, 0.25) is 0 Å². The van der Waals surface area contributed by atoms with E-state index in [1.165, 1.54) is 11.3 Å². The van der Waals surface area contributed by atoms with Gasteiger partial charge in [0.2, 0.25) is 0 Å². The molecule has 0 spiro atoms. The summed E-state index contributed by atoms with van der Waals surface area (Å²) < 4.78 is 0. The summed E-state index contributed by atoms with van der Waals surface area (Å²) in [6, 6.07) is 0. The molecule has 3 nitrogen and oxygen atoms in total. The molecule has 0 aliphatic carbocycles. The van der Waals surface area contributed by atoms with Crippen molar-refractivity contribution in [1.82, 2.24) is 9.88 Å². The smallest absolute Gasteiger partial charge is 0.273 e. The fourth-order valence-electron chi connectivity index (χ4n) is 0.999. The van der Waals surface area contributed by atoms with Crippen LogP contribution in [0.3, 0.4) is 0 Å². The number of carbonyl (C=O) groups is 1. The zero-order valence-electron chi connectivity index (χ0n) is 7.45. The molecule has 1 rings (SSSR count). The Morgan fingerprint density at radius 2 is 2.07 bits per heavy atom. The Hall–Kier alpha value is -0.320. The molecular formula is C8H10Cl2N2OS. The minimum atomic E-state index is -0.104. The van der Waals surface area contributed by atoms with Crippen LogP contribution in [-0.2, 0) is 0 Å². The van der Waals surface area contributed by atoms with E-state index in [1.54, 1.807) is 15.8 Å². The summed E-state index contributed by atoms with van der Waals surface area (Å²) in [6.45, 7) is 1.01. The molecule has 0 atom stereocenters. The number of carbonyl (C=O) groups excluding carboxylic acids is 1. The summed E-state index contributed by atoms with van der Waals surface area (Å²) in [5.74, 6) is 0.715. The lowest BCUT2D eigenvalue weighted by molar-refractivity contribution is 0.0770. The van der Waals surface area contributed by atoms with Crippen LogP contribution in [0.5, 0.6) is 0 Å². The standard InChI is InChI=1S/C8H10Cl2N2OS/c9-1-3-12(4-2-10)8(13)7-5-14-6-11-7/h5-6H,1-4H2. The van der Waals surface area contributed by atoms with Gasteiger partial charge in [0.15, 0.2) is 0 Å². The first-order valence-electron chi connectivity index (χ1n) is 4.09. The van der Waals surface area contributed by atoms with Gasteiger partial charge in [0.05, 0.1) is 5.51 Å². The fraction of sp³-hybridized carbons (Fsp3) is 0.500. The monoisotopic (exact) mass is 252 g/mol. The summed E-state index contributed by atoms with van der Waals surface area (Å²) in [5, 5.41) is 1.72. The first-order valence-corrected chi connectivity index (χ1v) is 6.10. The number of nitrogens with zero attached hydrogens (tertiary/aromatic N) is 2. The summed E-state index contributed by atoms with van der Waals surface area (Å²) in [7, 11) is 0. The first kappa shape index (κ1) is 11.8. The van der Waals surface area contributed by atoms with E-state index in [2.05, 4.69) is 4.98 Å². The maximum Gasteiger partial charge on any atom is 0.273 e. The molecule has 78 valence electrons. The molecule has 0 bridgehead atoms. The Morgan fingerprint density at radius 1 is 1.43 bits per heavy atom. The third-order valence-corrected chi connectivity index (χ3v) is 2.57. The molecular weight excluding hydrogens is 243 g/mol. The quantitative estimate of drug-likeness (QED) is 0.752. The Morgan fingerprint density at radius 3 is 2.50 bits per heavy atom. The molecule has 1 heterocycles. The van der Waals surface area contributed by atoms with Gasteiger partial charge in [-0.25, -0.2) is 4.98 Å². The highest BCUT2D eigenvalue weighted by molar-refractivity contribution is 7.07. The molecule has 0 aliphatic rings. The van der Waals surface area contributed by atoms with Crippen molar-refractivity contribution < 1.29 is 4.79 Å². The average Bonchev–Trinajstić information content (AvgIpc) is 2.69. The molecule has 1 amide bonds. The molecule has 0 N–H and O–H groups in total. The summed E-state index contributed by atoms with van der Waals surface area (Å²) in [6.07, 6.45) is 0. The van der Waals surface area contributed by atoms with Crippen LogP contribution < -0.4 is 0 Å². The van der Waals surface area contributed by atoms with E-state index in [0.717, 1.165) is 0 Å². The lowest BCUT2D eigenvalue weighted by atomic mass is 10.4. The van der Waals surface area contributed by atoms with E-state index in [1.807, 2.05) is 0 Å². The van der Waals surface area contributed by atoms with E-state index >= 15 is 0 Å². The van der Waals surface area contributed by atoms with Crippen molar-refractivity contribution in [2.45, 2.75) is 0 Å². The van der Waals surface area contributed by atoms with Gasteiger partial charge in [0, 0.05) is 30.2 Å². The van der Waals surface area contributed by atoms with Gasteiger partial charge >= 0.3 is 0 Å². The van der Waals surface area contributed by atoms with E-state index in [0.29, 0.717) is 30.5 Å². The SMILES string of the molecule is O=C(c1cscn1)N(CCCl)CCCl. The Bertz CT molecular complexity index is 273. The molecule has 0 aromatic carbocycles. The van der Waals surface area contributed by atoms with Crippen LogP contribution >= 0.6 is 34.5 Å². The number of hydrogen-bond acceptors (Lipinski definition) is 3. The molecule has 14 heavy (non-hydrogen) atoms. The van der Waals surface area contributed by atoms with Crippen molar-refractivity contribution in [3.63, 3.8) is 0 Å². The van der Waals surface area contributed by atoms with Gasteiger partial charge in [0.25, 0.3) is 5.91 Å². The highest BCUT2D eigenvalue weighted by atomic mass is 35.5. The van der Waals surface area contributed by atoms with Crippen LogP contribution in [-0.4, -0.2) is 40.6 Å². The number of thiazole rings is 1. The van der Waals surface area contributed by atoms with E-state index in [-0.39, 0.29) is 5.91 Å². The van der Waals surface area contributed by atoms with Gasteiger partial charge in [-0.1, -0.05) is 0 Å². The van der Waals surface area contributed by atoms with Crippen molar-refractivity contribution in [3.05, 3.63) is 16.6 Å². The Labute approximate surface area is 96.6 Å². The molecule has 0 fully saturated rings. The number of rotatable bonds is 5. The fourth-order valence-corrected chi connectivity index (χ4v) is 1.93. The topological polar surface area (TPSA) is 33.2 Å². The minimum absolute atomic E-state index is 0.104. The predicted octanol–water partition coefficient (Wildman–Crippen LogP) is 2.06. The van der Waals surface area contributed by atoms with Crippen LogP contribution in [0.25, 0.3) is 0 Å². The molecule has 0 saturated heterocycles. The molecule has 0 radical (unpaired) electrons. The van der Waals surface area contributed by atoms with Gasteiger partial charge in [-0.3, -0.25) is 4.79 Å². The van der Waals surface area contributed by atoms with Crippen LogP contribution in [0.4, 0.5) is 0 Å². The molecule has 6 heteroatoms. The van der Waals surface area contributed by atoms with Crippen molar-refractivity contribution in [2.24, 2.45) is 0 Å². The number of aromatic nitrogens is 1. The van der Waals surface area contributed by atoms with Gasteiger partial charge in [-0.05, 0) is 0 Å². The maximum atomic E-state index is 11.7. The predicted molar refractivity (Wildman–Crippen MR) is 59.5 cm³/mol. The van der Waals surface area contributed by atoms with Crippen LogP contribution in [0, 0.1) is 0 Å².